The Hall–Kier alpha value is -2.02. The molecule has 0 saturated heterocycles. The van der Waals surface area contributed by atoms with Gasteiger partial charge in [-0.25, -0.2) is 19.9 Å². The molecule has 0 aliphatic rings. The van der Waals surface area contributed by atoms with E-state index < -0.39 is 0 Å². The summed E-state index contributed by atoms with van der Waals surface area (Å²) >= 11 is 1.48. The third kappa shape index (κ3) is 2.30. The molecule has 0 fully saturated rings. The van der Waals surface area contributed by atoms with Crippen molar-refractivity contribution >= 4 is 27.6 Å². The highest BCUT2D eigenvalue weighted by Crippen LogP contribution is 2.14. The number of imidazole rings is 1. The number of rotatable bonds is 4. The van der Waals surface area contributed by atoms with Crippen LogP contribution in [0.25, 0.3) is 11.2 Å². The van der Waals surface area contributed by atoms with Gasteiger partial charge in [0.05, 0.1) is 11.9 Å². The summed E-state index contributed by atoms with van der Waals surface area (Å²) in [6, 6.07) is 0. The molecule has 0 spiro atoms. The van der Waals surface area contributed by atoms with Crippen LogP contribution in [0.1, 0.15) is 17.9 Å². The van der Waals surface area contributed by atoms with E-state index in [1.807, 2.05) is 5.38 Å². The van der Waals surface area contributed by atoms with E-state index in [4.69, 9.17) is 5.73 Å². The highest BCUT2D eigenvalue weighted by atomic mass is 32.1. The third-order valence-electron chi connectivity index (χ3n) is 2.63. The van der Waals surface area contributed by atoms with Crippen molar-refractivity contribution in [1.82, 2.24) is 24.9 Å². The number of thiazole rings is 1. The molecule has 3 N–H and O–H groups in total. The van der Waals surface area contributed by atoms with Gasteiger partial charge in [0.15, 0.2) is 10.8 Å². The van der Waals surface area contributed by atoms with E-state index in [0.717, 1.165) is 41.9 Å². The fraction of sp³-hybridized carbons (Fsp3) is 0.273. The lowest BCUT2D eigenvalue weighted by Gasteiger charge is -1.95. The molecule has 0 atom stereocenters. The summed E-state index contributed by atoms with van der Waals surface area (Å²) < 4.78 is 0. The van der Waals surface area contributed by atoms with Crippen molar-refractivity contribution in [1.29, 1.82) is 0 Å². The number of nitrogens with two attached hydrogens (primary N) is 1. The quantitative estimate of drug-likeness (QED) is 0.742. The van der Waals surface area contributed by atoms with Crippen LogP contribution in [0.5, 0.6) is 0 Å². The molecule has 18 heavy (non-hydrogen) atoms. The predicted molar refractivity (Wildman–Crippen MR) is 70.2 cm³/mol. The molecule has 3 aromatic heterocycles. The van der Waals surface area contributed by atoms with Gasteiger partial charge in [0.2, 0.25) is 0 Å². The molecule has 6 nitrogen and oxygen atoms in total. The number of nitrogens with one attached hydrogen (secondary N) is 1. The Morgan fingerprint density at radius 3 is 3.00 bits per heavy atom. The average Bonchev–Trinajstić information content (AvgIpc) is 2.95. The summed E-state index contributed by atoms with van der Waals surface area (Å²) in [6.45, 7) is 0. The van der Waals surface area contributed by atoms with Gasteiger partial charge in [-0.1, -0.05) is 0 Å². The smallest absolute Gasteiger partial charge is 0.180 e. The summed E-state index contributed by atoms with van der Waals surface area (Å²) in [5.41, 5.74) is 8.24. The SMILES string of the molecule is Nc1nc(CCCc2nc3ncncc3[nH]2)cs1. The van der Waals surface area contributed by atoms with E-state index in [-0.39, 0.29) is 0 Å². The molecule has 0 aliphatic heterocycles. The van der Waals surface area contributed by atoms with Crippen LogP contribution in [0.2, 0.25) is 0 Å². The van der Waals surface area contributed by atoms with E-state index in [1.165, 1.54) is 17.7 Å². The van der Waals surface area contributed by atoms with Gasteiger partial charge < -0.3 is 10.7 Å². The highest BCUT2D eigenvalue weighted by Gasteiger charge is 2.04. The Balaban J connectivity index is 1.62. The Bertz CT molecular complexity index is 625. The van der Waals surface area contributed by atoms with Crippen molar-refractivity contribution in [2.75, 3.05) is 5.73 Å². The summed E-state index contributed by atoms with van der Waals surface area (Å²) in [5.74, 6) is 0.939. The van der Waals surface area contributed by atoms with Gasteiger partial charge >= 0.3 is 0 Å². The van der Waals surface area contributed by atoms with Crippen molar-refractivity contribution in [2.24, 2.45) is 0 Å². The molecule has 0 unspecified atom stereocenters. The maximum atomic E-state index is 5.59. The molecular weight excluding hydrogens is 248 g/mol. The Morgan fingerprint density at radius 2 is 2.22 bits per heavy atom. The summed E-state index contributed by atoms with van der Waals surface area (Å²) in [7, 11) is 0. The van der Waals surface area contributed by atoms with Crippen LogP contribution in [0.3, 0.4) is 0 Å². The first-order valence-electron chi connectivity index (χ1n) is 5.66. The normalized spacial score (nSPS) is 11.1. The average molecular weight is 260 g/mol. The van der Waals surface area contributed by atoms with Crippen LogP contribution in [0, 0.1) is 0 Å². The van der Waals surface area contributed by atoms with E-state index in [0.29, 0.717) is 5.13 Å². The highest BCUT2D eigenvalue weighted by molar-refractivity contribution is 7.13. The monoisotopic (exact) mass is 260 g/mol. The van der Waals surface area contributed by atoms with Crippen molar-refractivity contribution in [3.63, 3.8) is 0 Å². The molecule has 0 bridgehead atoms. The zero-order valence-electron chi connectivity index (χ0n) is 9.63. The standard InChI is InChI=1S/C11H12N6S/c12-11-15-7(5-18-11)2-1-3-9-16-8-4-13-6-14-10(8)17-9/h4-6H,1-3H2,(H2,12,15)(H,13,14,16,17). The van der Waals surface area contributed by atoms with Crippen LogP contribution in [0.15, 0.2) is 17.9 Å². The number of anilines is 1. The van der Waals surface area contributed by atoms with Gasteiger partial charge in [0.25, 0.3) is 0 Å². The topological polar surface area (TPSA) is 93.4 Å². The van der Waals surface area contributed by atoms with Gasteiger partial charge in [0.1, 0.15) is 17.7 Å². The van der Waals surface area contributed by atoms with Gasteiger partial charge in [-0.15, -0.1) is 11.3 Å². The first kappa shape index (κ1) is 11.1. The van der Waals surface area contributed by atoms with Crippen molar-refractivity contribution in [3.05, 3.63) is 29.4 Å². The number of fused-ring (bicyclic) bond motifs is 1. The van der Waals surface area contributed by atoms with Crippen LogP contribution < -0.4 is 5.73 Å². The fourth-order valence-electron chi connectivity index (χ4n) is 1.80. The number of nitrogens with zero attached hydrogens (tertiary/aromatic N) is 4. The molecule has 0 aliphatic carbocycles. The van der Waals surface area contributed by atoms with Gasteiger partial charge in [-0.3, -0.25) is 0 Å². The Kier molecular flexibility index (Phi) is 2.89. The van der Waals surface area contributed by atoms with Gasteiger partial charge in [-0.05, 0) is 12.8 Å². The minimum absolute atomic E-state index is 0.629. The number of aromatic amines is 1. The molecule has 0 amide bonds. The second-order valence-electron chi connectivity index (χ2n) is 3.97. The molecule has 3 aromatic rings. The number of nitrogen functional groups attached to an aromatic ring is 1. The van der Waals surface area contributed by atoms with Crippen molar-refractivity contribution in [3.8, 4) is 0 Å². The number of hydrogen-bond acceptors (Lipinski definition) is 6. The number of aryl methyl sites for hydroxylation is 2. The molecule has 3 rings (SSSR count). The zero-order chi connectivity index (χ0) is 12.4. The molecule has 3 heterocycles. The molecule has 0 aromatic carbocycles. The van der Waals surface area contributed by atoms with E-state index in [2.05, 4.69) is 24.9 Å². The predicted octanol–water partition coefficient (Wildman–Crippen LogP) is 1.57. The lowest BCUT2D eigenvalue weighted by molar-refractivity contribution is 0.774. The summed E-state index contributed by atoms with van der Waals surface area (Å²) in [4.78, 5) is 19.9. The zero-order valence-corrected chi connectivity index (χ0v) is 10.4. The van der Waals surface area contributed by atoms with E-state index >= 15 is 0 Å². The third-order valence-corrected chi connectivity index (χ3v) is 3.35. The minimum Gasteiger partial charge on any atom is -0.375 e. The first-order valence-corrected chi connectivity index (χ1v) is 6.54. The number of hydrogen-bond donors (Lipinski definition) is 2. The van der Waals surface area contributed by atoms with Gasteiger partial charge in [0, 0.05) is 11.8 Å². The van der Waals surface area contributed by atoms with Crippen LogP contribution in [0.4, 0.5) is 5.13 Å². The number of H-pyrrole nitrogens is 1. The summed E-state index contributed by atoms with van der Waals surface area (Å²) in [6.07, 6.45) is 6.01. The van der Waals surface area contributed by atoms with E-state index in [9.17, 15) is 0 Å². The lowest BCUT2D eigenvalue weighted by atomic mass is 10.2. The second-order valence-corrected chi connectivity index (χ2v) is 4.86. The van der Waals surface area contributed by atoms with Gasteiger partial charge in [-0.2, -0.15) is 0 Å². The first-order chi connectivity index (χ1) is 8.81. The Morgan fingerprint density at radius 1 is 1.28 bits per heavy atom. The fourth-order valence-corrected chi connectivity index (χ4v) is 2.40. The minimum atomic E-state index is 0.629. The van der Waals surface area contributed by atoms with Crippen molar-refractivity contribution < 1.29 is 0 Å². The largest absolute Gasteiger partial charge is 0.375 e. The molecule has 0 radical (unpaired) electrons. The maximum Gasteiger partial charge on any atom is 0.180 e. The summed E-state index contributed by atoms with van der Waals surface area (Å²) in [5, 5.41) is 2.63. The Labute approximate surface area is 107 Å². The van der Waals surface area contributed by atoms with Crippen LogP contribution in [-0.4, -0.2) is 24.9 Å². The van der Waals surface area contributed by atoms with E-state index in [1.54, 1.807) is 6.20 Å². The lowest BCUT2D eigenvalue weighted by Crippen LogP contribution is -1.93. The molecule has 92 valence electrons. The number of aromatic nitrogens is 5. The molecular formula is C11H12N6S. The second kappa shape index (κ2) is 4.69. The van der Waals surface area contributed by atoms with Crippen molar-refractivity contribution in [2.45, 2.75) is 19.3 Å². The maximum absolute atomic E-state index is 5.59. The molecule has 0 saturated carbocycles. The molecule has 7 heteroatoms. The van der Waals surface area contributed by atoms with Crippen LogP contribution in [-0.2, 0) is 12.8 Å². The van der Waals surface area contributed by atoms with Crippen LogP contribution >= 0.6 is 11.3 Å².